The minimum atomic E-state index is -0.395. The van der Waals surface area contributed by atoms with Crippen molar-refractivity contribution in [3.8, 4) is 11.3 Å². The fourth-order valence-corrected chi connectivity index (χ4v) is 2.10. The zero-order valence-corrected chi connectivity index (χ0v) is 10.5. The molecule has 0 aliphatic rings. The van der Waals surface area contributed by atoms with Crippen LogP contribution in [0.15, 0.2) is 42.5 Å². The molecule has 0 aliphatic heterocycles. The number of benzene rings is 2. The van der Waals surface area contributed by atoms with Crippen LogP contribution in [0.25, 0.3) is 22.3 Å². The summed E-state index contributed by atoms with van der Waals surface area (Å²) in [5.41, 5.74) is 8.09. The Hall–Kier alpha value is -2.20. The quantitative estimate of drug-likeness (QED) is 0.736. The molecule has 0 unspecified atom stereocenters. The summed E-state index contributed by atoms with van der Waals surface area (Å²) >= 11 is 6.06. The Balaban J connectivity index is 2.30. The van der Waals surface area contributed by atoms with Gasteiger partial charge in [-0.15, -0.1) is 0 Å². The Morgan fingerprint density at radius 1 is 1.00 bits per heavy atom. The van der Waals surface area contributed by atoms with E-state index in [4.69, 9.17) is 17.3 Å². The molecule has 0 saturated heterocycles. The number of para-hydroxylation sites is 2. The first-order chi connectivity index (χ1) is 9.15. The van der Waals surface area contributed by atoms with Crippen LogP contribution >= 0.6 is 11.6 Å². The molecule has 0 radical (unpaired) electrons. The molecule has 2 N–H and O–H groups in total. The van der Waals surface area contributed by atoms with Crippen molar-refractivity contribution in [2.45, 2.75) is 0 Å². The molecule has 3 aromatic rings. The smallest absolute Gasteiger partial charge is 0.150 e. The zero-order valence-electron chi connectivity index (χ0n) is 9.77. The second kappa shape index (κ2) is 4.48. The normalized spacial score (nSPS) is 10.8. The topological polar surface area (TPSA) is 51.8 Å². The van der Waals surface area contributed by atoms with Crippen LogP contribution in [0.5, 0.6) is 0 Å². The number of halogens is 2. The maximum absolute atomic E-state index is 13.3. The molecule has 0 aliphatic carbocycles. The summed E-state index contributed by atoms with van der Waals surface area (Å²) in [5, 5.41) is 0.387. The largest absolute Gasteiger partial charge is 0.382 e. The molecule has 1 heterocycles. The lowest BCUT2D eigenvalue weighted by molar-refractivity contribution is 0.628. The maximum Gasteiger partial charge on any atom is 0.150 e. The molecule has 3 nitrogen and oxygen atoms in total. The van der Waals surface area contributed by atoms with Gasteiger partial charge < -0.3 is 5.73 Å². The van der Waals surface area contributed by atoms with E-state index in [1.807, 2.05) is 24.3 Å². The molecule has 5 heteroatoms. The van der Waals surface area contributed by atoms with Crippen LogP contribution in [0.1, 0.15) is 0 Å². The summed E-state index contributed by atoms with van der Waals surface area (Å²) in [4.78, 5) is 8.67. The number of fused-ring (bicyclic) bond motifs is 1. The van der Waals surface area contributed by atoms with Gasteiger partial charge in [0, 0.05) is 5.56 Å². The lowest BCUT2D eigenvalue weighted by Gasteiger charge is -2.08. The van der Waals surface area contributed by atoms with Crippen molar-refractivity contribution in [1.82, 2.24) is 9.97 Å². The molecule has 2 aromatic carbocycles. The molecule has 0 atom stereocenters. The van der Waals surface area contributed by atoms with Crippen molar-refractivity contribution in [2.24, 2.45) is 0 Å². The summed E-state index contributed by atoms with van der Waals surface area (Å²) < 4.78 is 13.3. The van der Waals surface area contributed by atoms with Gasteiger partial charge in [0.05, 0.1) is 16.1 Å². The number of rotatable bonds is 1. The summed E-state index contributed by atoms with van der Waals surface area (Å²) in [5.74, 6) is -0.167. The minimum Gasteiger partial charge on any atom is -0.382 e. The average Bonchev–Trinajstić information content (AvgIpc) is 2.41. The Morgan fingerprint density at radius 3 is 2.42 bits per heavy atom. The highest BCUT2D eigenvalue weighted by molar-refractivity contribution is 6.33. The second-order valence-corrected chi connectivity index (χ2v) is 4.48. The molecule has 1 aromatic heterocycles. The van der Waals surface area contributed by atoms with E-state index in [1.165, 1.54) is 18.2 Å². The van der Waals surface area contributed by atoms with E-state index in [0.29, 0.717) is 27.3 Å². The van der Waals surface area contributed by atoms with Gasteiger partial charge in [-0.05, 0) is 30.3 Å². The van der Waals surface area contributed by atoms with Crippen LogP contribution in [-0.4, -0.2) is 9.97 Å². The molecule has 0 fully saturated rings. The number of nitrogens with zero attached hydrogens (tertiary/aromatic N) is 2. The Labute approximate surface area is 113 Å². The van der Waals surface area contributed by atoms with Crippen LogP contribution in [-0.2, 0) is 0 Å². The van der Waals surface area contributed by atoms with Gasteiger partial charge in [0.15, 0.2) is 5.82 Å². The van der Waals surface area contributed by atoms with Gasteiger partial charge in [0.2, 0.25) is 0 Å². The fourth-order valence-electron chi connectivity index (χ4n) is 1.89. The van der Waals surface area contributed by atoms with Crippen molar-refractivity contribution in [3.63, 3.8) is 0 Å². The second-order valence-electron chi connectivity index (χ2n) is 4.07. The van der Waals surface area contributed by atoms with Gasteiger partial charge >= 0.3 is 0 Å². The monoisotopic (exact) mass is 273 g/mol. The number of hydrogen-bond acceptors (Lipinski definition) is 3. The summed E-state index contributed by atoms with van der Waals surface area (Å²) in [6.45, 7) is 0. The predicted octanol–water partition coefficient (Wildman–Crippen LogP) is 3.67. The summed E-state index contributed by atoms with van der Waals surface area (Å²) in [6.07, 6.45) is 0. The first kappa shape index (κ1) is 11.9. The van der Waals surface area contributed by atoms with E-state index in [9.17, 15) is 4.39 Å². The van der Waals surface area contributed by atoms with E-state index in [-0.39, 0.29) is 5.82 Å². The summed E-state index contributed by atoms with van der Waals surface area (Å²) in [7, 11) is 0. The van der Waals surface area contributed by atoms with Gasteiger partial charge in [-0.25, -0.2) is 14.4 Å². The average molecular weight is 274 g/mol. The first-order valence-electron chi connectivity index (χ1n) is 5.63. The van der Waals surface area contributed by atoms with Gasteiger partial charge in [-0.2, -0.15) is 0 Å². The Kier molecular flexibility index (Phi) is 2.80. The van der Waals surface area contributed by atoms with E-state index >= 15 is 0 Å². The van der Waals surface area contributed by atoms with Crippen LogP contribution in [0.2, 0.25) is 5.02 Å². The highest BCUT2D eigenvalue weighted by Crippen LogP contribution is 2.31. The van der Waals surface area contributed by atoms with E-state index in [0.717, 1.165) is 0 Å². The standard InChI is InChI=1S/C14H9ClFN3/c15-10-6-5-8(16)7-9(10)13-14(17)19-12-4-2-1-3-11(12)18-13/h1-7H,(H2,17,19). The minimum absolute atomic E-state index is 0.228. The van der Waals surface area contributed by atoms with Crippen LogP contribution in [0.4, 0.5) is 10.2 Å². The molecule has 0 spiro atoms. The molecular weight excluding hydrogens is 265 g/mol. The molecule has 0 bridgehead atoms. The highest BCUT2D eigenvalue weighted by atomic mass is 35.5. The van der Waals surface area contributed by atoms with Crippen molar-refractivity contribution < 1.29 is 4.39 Å². The van der Waals surface area contributed by atoms with Crippen LogP contribution < -0.4 is 5.73 Å². The number of nitrogens with two attached hydrogens (primary N) is 1. The Bertz CT molecular complexity index is 774. The van der Waals surface area contributed by atoms with E-state index in [2.05, 4.69) is 9.97 Å². The molecule has 0 saturated carbocycles. The number of hydrogen-bond donors (Lipinski definition) is 1. The van der Waals surface area contributed by atoms with Gasteiger partial charge in [0.1, 0.15) is 11.5 Å². The van der Waals surface area contributed by atoms with E-state index < -0.39 is 5.82 Å². The lowest BCUT2D eigenvalue weighted by Crippen LogP contribution is -1.99. The van der Waals surface area contributed by atoms with Crippen LogP contribution in [0, 0.1) is 5.82 Å². The molecule has 19 heavy (non-hydrogen) atoms. The van der Waals surface area contributed by atoms with Crippen LogP contribution in [0.3, 0.4) is 0 Å². The highest BCUT2D eigenvalue weighted by Gasteiger charge is 2.12. The van der Waals surface area contributed by atoms with Gasteiger partial charge in [-0.3, -0.25) is 0 Å². The number of anilines is 1. The molecule has 3 rings (SSSR count). The van der Waals surface area contributed by atoms with Crippen molar-refractivity contribution in [1.29, 1.82) is 0 Å². The van der Waals surface area contributed by atoms with Crippen molar-refractivity contribution >= 4 is 28.5 Å². The lowest BCUT2D eigenvalue weighted by atomic mass is 10.1. The fraction of sp³-hybridized carbons (Fsp3) is 0. The first-order valence-corrected chi connectivity index (χ1v) is 6.00. The number of nitrogen functional groups attached to an aromatic ring is 1. The van der Waals surface area contributed by atoms with E-state index in [1.54, 1.807) is 0 Å². The van der Waals surface area contributed by atoms with Crippen molar-refractivity contribution in [3.05, 3.63) is 53.3 Å². The molecule has 0 amide bonds. The third-order valence-electron chi connectivity index (χ3n) is 2.78. The zero-order chi connectivity index (χ0) is 13.4. The predicted molar refractivity (Wildman–Crippen MR) is 74.4 cm³/mol. The number of aromatic nitrogens is 2. The van der Waals surface area contributed by atoms with Crippen molar-refractivity contribution in [2.75, 3.05) is 5.73 Å². The van der Waals surface area contributed by atoms with Gasteiger partial charge in [0.25, 0.3) is 0 Å². The third kappa shape index (κ3) is 2.11. The molecule has 94 valence electrons. The Morgan fingerprint density at radius 2 is 1.68 bits per heavy atom. The third-order valence-corrected chi connectivity index (χ3v) is 3.11. The maximum atomic E-state index is 13.3. The van der Waals surface area contributed by atoms with Gasteiger partial charge in [-0.1, -0.05) is 23.7 Å². The molecular formula is C14H9ClFN3. The summed E-state index contributed by atoms with van der Waals surface area (Å²) in [6, 6.07) is 11.4. The SMILES string of the molecule is Nc1nc2ccccc2nc1-c1cc(F)ccc1Cl.